The smallest absolute Gasteiger partial charge is 0.331 e. The van der Waals surface area contributed by atoms with Gasteiger partial charge in [-0.2, -0.15) is 0 Å². The van der Waals surface area contributed by atoms with E-state index in [-0.39, 0.29) is 22.4 Å². The summed E-state index contributed by atoms with van der Waals surface area (Å²) in [5.74, 6) is -3.16. The normalized spacial score (nSPS) is 11.4. The lowest BCUT2D eigenvalue weighted by molar-refractivity contribution is -0.132. The number of rotatable bonds is 8. The van der Waals surface area contributed by atoms with E-state index in [9.17, 15) is 18.4 Å². The quantitative estimate of drug-likeness (QED) is 0.399. The summed E-state index contributed by atoms with van der Waals surface area (Å²) in [5, 5.41) is 13.3. The van der Waals surface area contributed by atoms with Gasteiger partial charge in [-0.25, -0.2) is 18.6 Å². The van der Waals surface area contributed by atoms with E-state index >= 15 is 0 Å². The van der Waals surface area contributed by atoms with Crippen molar-refractivity contribution in [1.29, 1.82) is 0 Å². The van der Waals surface area contributed by atoms with E-state index in [0.29, 0.717) is 22.8 Å². The Morgan fingerprint density at radius 2 is 1.88 bits per heavy atom. The van der Waals surface area contributed by atoms with Crippen molar-refractivity contribution in [3.8, 4) is 22.8 Å². The largest absolute Gasteiger partial charge is 0.492 e. The van der Waals surface area contributed by atoms with Gasteiger partial charge in [0.1, 0.15) is 11.6 Å². The average molecular weight is 489 g/mol. The summed E-state index contributed by atoms with van der Waals surface area (Å²) in [6.07, 6.45) is 0.803. The summed E-state index contributed by atoms with van der Waals surface area (Å²) in [7, 11) is 1.51. The van der Waals surface area contributed by atoms with Gasteiger partial charge >= 0.3 is 5.97 Å². The first-order valence-corrected chi connectivity index (χ1v) is 11.0. The fraction of sp³-hybridized carbons (Fsp3) is 0.208. The minimum atomic E-state index is -1.31. The molecule has 0 aliphatic carbocycles. The van der Waals surface area contributed by atoms with E-state index in [1.165, 1.54) is 14.0 Å². The highest BCUT2D eigenvalue weighted by Gasteiger charge is 2.19. The Balaban J connectivity index is 1.84. The summed E-state index contributed by atoms with van der Waals surface area (Å²) >= 11 is 1.13. The zero-order valence-electron chi connectivity index (χ0n) is 18.8. The Kier molecular flexibility index (Phi) is 7.62. The Bertz CT molecular complexity index is 1250. The molecule has 1 amide bonds. The number of halogens is 2. The number of anilines is 1. The number of nitrogens with one attached hydrogen (secondary N) is 1. The van der Waals surface area contributed by atoms with Gasteiger partial charge in [0.05, 0.1) is 18.9 Å². The van der Waals surface area contributed by atoms with Crippen molar-refractivity contribution in [3.63, 3.8) is 0 Å². The molecule has 7 nitrogen and oxygen atoms in total. The molecule has 3 aromatic rings. The number of hydrogen-bond donors (Lipinski definition) is 2. The maximum atomic E-state index is 14.4. The molecule has 2 N–H and O–H groups in total. The number of carboxylic acids is 1. The van der Waals surface area contributed by atoms with Gasteiger partial charge in [-0.3, -0.25) is 10.1 Å². The molecule has 0 aliphatic heterocycles. The third-order valence-corrected chi connectivity index (χ3v) is 5.34. The van der Waals surface area contributed by atoms with Crippen LogP contribution in [0.1, 0.15) is 36.7 Å². The molecule has 0 spiro atoms. The van der Waals surface area contributed by atoms with Gasteiger partial charge in [-0.05, 0) is 51.1 Å². The zero-order valence-corrected chi connectivity index (χ0v) is 19.6. The molecule has 0 saturated heterocycles. The van der Waals surface area contributed by atoms with Crippen molar-refractivity contribution >= 4 is 34.4 Å². The average Bonchev–Trinajstić information content (AvgIpc) is 3.23. The molecule has 0 unspecified atom stereocenters. The van der Waals surface area contributed by atoms with Crippen LogP contribution < -0.4 is 14.8 Å². The van der Waals surface area contributed by atoms with Crippen LogP contribution in [0.3, 0.4) is 0 Å². The van der Waals surface area contributed by atoms with Crippen LogP contribution in [0, 0.1) is 11.6 Å². The lowest BCUT2D eigenvalue weighted by atomic mass is 10.1. The molecule has 34 heavy (non-hydrogen) atoms. The third kappa shape index (κ3) is 5.57. The summed E-state index contributed by atoms with van der Waals surface area (Å²) in [6.45, 7) is 5.00. The molecule has 0 radical (unpaired) electrons. The van der Waals surface area contributed by atoms with E-state index in [4.69, 9.17) is 14.6 Å². The van der Waals surface area contributed by atoms with Crippen molar-refractivity contribution in [2.45, 2.75) is 26.9 Å². The number of carboxylic acid groups (broad SMARTS) is 1. The molecule has 10 heteroatoms. The molecule has 0 atom stereocenters. The number of amides is 1. The van der Waals surface area contributed by atoms with Crippen LogP contribution in [-0.2, 0) is 4.79 Å². The van der Waals surface area contributed by atoms with Gasteiger partial charge in [0.2, 0.25) is 0 Å². The number of carbonyl (C=O) groups excluding carboxylic acids is 1. The molecule has 0 fully saturated rings. The lowest BCUT2D eigenvalue weighted by Crippen LogP contribution is -2.13. The SMILES string of the molecule is COc1c(OC(C)C)cccc1-c1csc(NC(=O)c2cc(F)c(/C=C(\C)C(=O)O)c(F)c2)n1. The second-order valence-electron chi connectivity index (χ2n) is 7.48. The Hall–Kier alpha value is -3.79. The van der Waals surface area contributed by atoms with E-state index in [1.807, 2.05) is 13.8 Å². The molecular weight excluding hydrogens is 466 g/mol. The molecule has 1 aromatic heterocycles. The molecule has 0 saturated carbocycles. The third-order valence-electron chi connectivity index (χ3n) is 4.59. The number of benzene rings is 2. The lowest BCUT2D eigenvalue weighted by Gasteiger charge is -2.15. The predicted octanol–water partition coefficient (Wildman–Crippen LogP) is 5.62. The number of aromatic nitrogens is 1. The summed E-state index contributed by atoms with van der Waals surface area (Å²) in [4.78, 5) is 27.9. The molecule has 0 bridgehead atoms. The van der Waals surface area contributed by atoms with Crippen LogP contribution in [0.25, 0.3) is 17.3 Å². The number of aliphatic carboxylic acids is 1. The van der Waals surface area contributed by atoms with Crippen molar-refractivity contribution in [2.75, 3.05) is 12.4 Å². The van der Waals surface area contributed by atoms with E-state index < -0.39 is 29.1 Å². The fourth-order valence-electron chi connectivity index (χ4n) is 3.03. The van der Waals surface area contributed by atoms with Crippen LogP contribution in [0.5, 0.6) is 11.5 Å². The van der Waals surface area contributed by atoms with Crippen molar-refractivity contribution in [1.82, 2.24) is 4.98 Å². The monoisotopic (exact) mass is 488 g/mol. The Morgan fingerprint density at radius 3 is 2.47 bits per heavy atom. The Morgan fingerprint density at radius 1 is 1.21 bits per heavy atom. The number of nitrogens with zero attached hydrogens (tertiary/aromatic N) is 1. The topological polar surface area (TPSA) is 97.8 Å². The van der Waals surface area contributed by atoms with Crippen molar-refractivity contribution < 1.29 is 33.0 Å². The van der Waals surface area contributed by atoms with Gasteiger partial charge in [-0.15, -0.1) is 11.3 Å². The zero-order chi connectivity index (χ0) is 25.0. The van der Waals surface area contributed by atoms with Crippen LogP contribution in [0.2, 0.25) is 0 Å². The van der Waals surface area contributed by atoms with Crippen molar-refractivity contribution in [2.24, 2.45) is 0 Å². The molecule has 178 valence electrons. The molecule has 1 heterocycles. The van der Waals surface area contributed by atoms with Gasteiger partial charge in [0, 0.05) is 27.6 Å². The minimum absolute atomic E-state index is 0.0647. The van der Waals surface area contributed by atoms with E-state index in [2.05, 4.69) is 10.3 Å². The standard InChI is InChI=1S/C24H22F2N2O5S/c1-12(2)33-20-7-5-6-15(21(20)32-4)19-11-34-24(27-19)28-22(29)14-9-17(25)16(18(26)10-14)8-13(3)23(30)31/h5-12H,1-4H3,(H,30,31)(H,27,28,29)/b13-8+. The van der Waals surface area contributed by atoms with E-state index in [1.54, 1.807) is 23.6 Å². The summed E-state index contributed by atoms with van der Waals surface area (Å²) in [5.41, 5.74) is 0.113. The van der Waals surface area contributed by atoms with Crippen molar-refractivity contribution in [3.05, 3.63) is 64.0 Å². The van der Waals surface area contributed by atoms with Crippen LogP contribution >= 0.6 is 11.3 Å². The fourth-order valence-corrected chi connectivity index (χ4v) is 3.74. The maximum Gasteiger partial charge on any atom is 0.331 e. The van der Waals surface area contributed by atoms with Crippen LogP contribution in [0.15, 0.2) is 41.3 Å². The minimum Gasteiger partial charge on any atom is -0.492 e. The molecular formula is C24H22F2N2O5S. The molecule has 2 aromatic carbocycles. The highest BCUT2D eigenvalue weighted by molar-refractivity contribution is 7.14. The van der Waals surface area contributed by atoms with Gasteiger partial charge < -0.3 is 14.6 Å². The maximum absolute atomic E-state index is 14.4. The predicted molar refractivity (Wildman–Crippen MR) is 125 cm³/mol. The van der Waals surface area contributed by atoms with Gasteiger partial charge in [-0.1, -0.05) is 6.07 Å². The molecule has 3 rings (SSSR count). The number of ether oxygens (including phenoxy) is 2. The summed E-state index contributed by atoms with van der Waals surface area (Å²) < 4.78 is 40.0. The first-order chi connectivity index (χ1) is 16.1. The van der Waals surface area contributed by atoms with Gasteiger partial charge in [0.25, 0.3) is 5.91 Å². The van der Waals surface area contributed by atoms with E-state index in [0.717, 1.165) is 29.5 Å². The summed E-state index contributed by atoms with van der Waals surface area (Å²) in [6, 6.07) is 7.04. The number of hydrogen-bond acceptors (Lipinski definition) is 6. The van der Waals surface area contributed by atoms with Crippen LogP contribution in [0.4, 0.5) is 13.9 Å². The second kappa shape index (κ2) is 10.4. The number of para-hydroxylation sites is 1. The Labute approximate surface area is 198 Å². The van der Waals surface area contributed by atoms with Gasteiger partial charge in [0.15, 0.2) is 16.6 Å². The number of methoxy groups -OCH3 is 1. The highest BCUT2D eigenvalue weighted by Crippen LogP contribution is 2.39. The number of carbonyl (C=O) groups is 2. The second-order valence-corrected chi connectivity index (χ2v) is 8.34. The first kappa shape index (κ1) is 24.8. The number of thiazole rings is 1. The first-order valence-electron chi connectivity index (χ1n) is 10.1. The highest BCUT2D eigenvalue weighted by atomic mass is 32.1. The van der Waals surface area contributed by atoms with Crippen LogP contribution in [-0.4, -0.2) is 35.2 Å². The molecule has 0 aliphatic rings.